The Bertz CT molecular complexity index is 714. The van der Waals surface area contributed by atoms with Gasteiger partial charge in [-0.3, -0.25) is 9.69 Å². The molecule has 1 N–H and O–H groups in total. The van der Waals surface area contributed by atoms with Gasteiger partial charge in [-0.25, -0.2) is 0 Å². The van der Waals surface area contributed by atoms with Crippen molar-refractivity contribution in [3.63, 3.8) is 0 Å². The average Bonchev–Trinajstić information content (AvgIpc) is 3.13. The summed E-state index contributed by atoms with van der Waals surface area (Å²) in [7, 11) is 1.74. The Balaban J connectivity index is 1.09. The zero-order chi connectivity index (χ0) is 19.1. The maximum Gasteiger partial charge on any atom is 0.226 e. The van der Waals surface area contributed by atoms with Gasteiger partial charge in [0.15, 0.2) is 0 Å². The largest absolute Gasteiger partial charge is 0.495 e. The van der Waals surface area contributed by atoms with E-state index in [1.54, 1.807) is 7.11 Å². The number of para-hydroxylation sites is 2. The van der Waals surface area contributed by atoms with Crippen LogP contribution in [0.5, 0.6) is 5.75 Å². The first-order valence-corrected chi connectivity index (χ1v) is 11.1. The van der Waals surface area contributed by atoms with Crippen LogP contribution in [-0.4, -0.2) is 57.2 Å². The lowest BCUT2D eigenvalue weighted by Gasteiger charge is -2.37. The number of ether oxygens (including phenoxy) is 1. The van der Waals surface area contributed by atoms with E-state index in [9.17, 15) is 4.79 Å². The molecule has 0 radical (unpaired) electrons. The lowest BCUT2D eigenvalue weighted by Crippen LogP contribution is -2.50. The van der Waals surface area contributed by atoms with Crippen LogP contribution in [0.1, 0.15) is 32.1 Å². The maximum absolute atomic E-state index is 13.0. The van der Waals surface area contributed by atoms with Crippen LogP contribution in [0.25, 0.3) is 0 Å². The predicted octanol–water partition coefficient (Wildman–Crippen LogP) is 2.76. The van der Waals surface area contributed by atoms with E-state index in [1.807, 2.05) is 12.1 Å². The first-order valence-electron chi connectivity index (χ1n) is 11.1. The average molecular weight is 384 g/mol. The number of piperazine rings is 1. The van der Waals surface area contributed by atoms with E-state index in [1.165, 1.54) is 24.9 Å². The molecule has 152 valence electrons. The summed E-state index contributed by atoms with van der Waals surface area (Å²) in [6.45, 7) is 5.82. The number of carbonyl (C=O) groups excluding carboxylic acids is 1. The number of benzene rings is 1. The van der Waals surface area contributed by atoms with Crippen LogP contribution in [0.2, 0.25) is 0 Å². The van der Waals surface area contributed by atoms with Crippen LogP contribution in [0.4, 0.5) is 5.69 Å². The first kappa shape index (κ1) is 18.3. The molecule has 4 atom stereocenters. The van der Waals surface area contributed by atoms with Crippen LogP contribution in [0, 0.1) is 23.2 Å². The summed E-state index contributed by atoms with van der Waals surface area (Å²) in [5.74, 6) is 3.68. The molecule has 5 aliphatic rings. The number of carbonyl (C=O) groups is 1. The minimum Gasteiger partial charge on any atom is -0.495 e. The highest BCUT2D eigenvalue weighted by atomic mass is 16.5. The molecule has 6 rings (SSSR count). The number of anilines is 1. The summed E-state index contributed by atoms with van der Waals surface area (Å²) in [6, 6.07) is 8.25. The third-order valence-corrected chi connectivity index (χ3v) is 7.95. The van der Waals surface area contributed by atoms with Gasteiger partial charge in [-0.2, -0.15) is 0 Å². The molecule has 1 aromatic rings. The molecule has 4 bridgehead atoms. The molecule has 1 aromatic carbocycles. The number of amides is 1. The molecule has 1 heterocycles. The molecule has 28 heavy (non-hydrogen) atoms. The van der Waals surface area contributed by atoms with Crippen molar-refractivity contribution in [1.82, 2.24) is 10.2 Å². The second-order valence-electron chi connectivity index (χ2n) is 9.46. The van der Waals surface area contributed by atoms with Crippen LogP contribution < -0.4 is 15.0 Å². The fourth-order valence-corrected chi connectivity index (χ4v) is 6.77. The SMILES string of the molecule is COc1ccccc1N1CCN(CCNC(=O)C23CC4CC2C[C@H](C4)C3)CC1. The summed E-state index contributed by atoms with van der Waals surface area (Å²) in [5, 5.41) is 3.32. The van der Waals surface area contributed by atoms with E-state index in [4.69, 9.17) is 4.74 Å². The van der Waals surface area contributed by atoms with E-state index in [0.717, 1.165) is 69.7 Å². The molecule has 1 amide bonds. The summed E-state index contributed by atoms with van der Waals surface area (Å²) < 4.78 is 5.51. The first-order chi connectivity index (χ1) is 13.7. The van der Waals surface area contributed by atoms with Crippen molar-refractivity contribution in [3.8, 4) is 5.75 Å². The van der Waals surface area contributed by atoms with Crippen LogP contribution >= 0.6 is 0 Å². The van der Waals surface area contributed by atoms with Gasteiger partial charge in [-0.1, -0.05) is 12.1 Å². The van der Waals surface area contributed by atoms with Crippen LogP contribution in [-0.2, 0) is 4.79 Å². The quantitative estimate of drug-likeness (QED) is 0.820. The zero-order valence-electron chi connectivity index (χ0n) is 17.0. The van der Waals surface area contributed by atoms with Crippen molar-refractivity contribution >= 4 is 11.6 Å². The minimum absolute atomic E-state index is 0.0101. The standard InChI is InChI=1S/C23H33N3O2/c1-28-21-5-3-2-4-20(21)26-10-8-25(9-11-26)7-6-24-22(27)23-15-17-12-18(16-23)14-19(23)13-17/h2-5,17-19H,6-16H2,1H3,(H,24,27)/t17-,18?,19?,23?/m0/s1. The summed E-state index contributed by atoms with van der Waals surface area (Å²) in [5.41, 5.74) is 1.19. The van der Waals surface area contributed by atoms with Gasteiger partial charge in [-0.05, 0) is 62.0 Å². The smallest absolute Gasteiger partial charge is 0.226 e. The van der Waals surface area contributed by atoms with Crippen molar-refractivity contribution in [1.29, 1.82) is 0 Å². The lowest BCUT2D eigenvalue weighted by atomic mass is 9.75. The van der Waals surface area contributed by atoms with E-state index >= 15 is 0 Å². The van der Waals surface area contributed by atoms with Crippen molar-refractivity contribution in [3.05, 3.63) is 24.3 Å². The number of hydrogen-bond acceptors (Lipinski definition) is 4. The summed E-state index contributed by atoms with van der Waals surface area (Å²) in [4.78, 5) is 17.9. The fourth-order valence-electron chi connectivity index (χ4n) is 6.77. The molecule has 4 saturated carbocycles. The highest BCUT2D eigenvalue weighted by Crippen LogP contribution is 2.65. The zero-order valence-corrected chi connectivity index (χ0v) is 17.0. The normalized spacial score (nSPS) is 34.0. The number of nitrogens with zero attached hydrogens (tertiary/aromatic N) is 2. The molecular formula is C23H33N3O2. The van der Waals surface area contributed by atoms with E-state index in [0.29, 0.717) is 11.8 Å². The number of hydrogen-bond donors (Lipinski definition) is 1. The molecular weight excluding hydrogens is 350 g/mol. The van der Waals surface area contributed by atoms with Gasteiger partial charge in [-0.15, -0.1) is 0 Å². The molecule has 5 heteroatoms. The minimum atomic E-state index is 0.0101. The monoisotopic (exact) mass is 383 g/mol. The Morgan fingerprint density at radius 2 is 1.82 bits per heavy atom. The molecule has 1 saturated heterocycles. The van der Waals surface area contributed by atoms with Crippen molar-refractivity contribution in [2.75, 3.05) is 51.3 Å². The molecule has 5 nitrogen and oxygen atoms in total. The second-order valence-corrected chi connectivity index (χ2v) is 9.46. The van der Waals surface area contributed by atoms with E-state index in [2.05, 4.69) is 27.2 Å². The molecule has 0 aromatic heterocycles. The van der Waals surface area contributed by atoms with Crippen LogP contribution in [0.15, 0.2) is 24.3 Å². The van der Waals surface area contributed by atoms with E-state index in [-0.39, 0.29) is 5.41 Å². The van der Waals surface area contributed by atoms with Gasteiger partial charge in [0.1, 0.15) is 5.75 Å². The van der Waals surface area contributed by atoms with E-state index < -0.39 is 0 Å². The third-order valence-electron chi connectivity index (χ3n) is 7.95. The summed E-state index contributed by atoms with van der Waals surface area (Å²) in [6.07, 6.45) is 6.35. The molecule has 1 aliphatic heterocycles. The number of rotatable bonds is 6. The Morgan fingerprint density at radius 3 is 2.54 bits per heavy atom. The van der Waals surface area contributed by atoms with Gasteiger partial charge in [0.05, 0.1) is 18.2 Å². The van der Waals surface area contributed by atoms with Gasteiger partial charge in [0.25, 0.3) is 0 Å². The van der Waals surface area contributed by atoms with Crippen LogP contribution in [0.3, 0.4) is 0 Å². The Kier molecular flexibility index (Phi) is 4.74. The van der Waals surface area contributed by atoms with Gasteiger partial charge < -0.3 is 15.0 Å². The van der Waals surface area contributed by atoms with Crippen molar-refractivity contribution < 1.29 is 9.53 Å². The van der Waals surface area contributed by atoms with Gasteiger partial charge in [0.2, 0.25) is 5.91 Å². The fraction of sp³-hybridized carbons (Fsp3) is 0.696. The predicted molar refractivity (Wildman–Crippen MR) is 111 cm³/mol. The number of methoxy groups -OCH3 is 1. The van der Waals surface area contributed by atoms with Gasteiger partial charge in [0, 0.05) is 39.3 Å². The third kappa shape index (κ3) is 3.08. The Hall–Kier alpha value is -1.75. The maximum atomic E-state index is 13.0. The lowest BCUT2D eigenvalue weighted by molar-refractivity contribution is -0.132. The van der Waals surface area contributed by atoms with Crippen molar-refractivity contribution in [2.45, 2.75) is 32.1 Å². The van der Waals surface area contributed by atoms with Gasteiger partial charge >= 0.3 is 0 Å². The topological polar surface area (TPSA) is 44.8 Å². The molecule has 4 aliphatic carbocycles. The molecule has 5 fully saturated rings. The summed E-state index contributed by atoms with van der Waals surface area (Å²) >= 11 is 0. The number of nitrogens with one attached hydrogen (secondary N) is 1. The highest BCUT2D eigenvalue weighted by molar-refractivity contribution is 5.84. The Labute approximate surface area is 168 Å². The van der Waals surface area contributed by atoms with Crippen molar-refractivity contribution in [2.24, 2.45) is 23.2 Å². The second kappa shape index (κ2) is 7.25. The highest BCUT2D eigenvalue weighted by Gasteiger charge is 2.61. The Morgan fingerprint density at radius 1 is 1.11 bits per heavy atom. The molecule has 3 unspecified atom stereocenters. The molecule has 0 spiro atoms.